The van der Waals surface area contributed by atoms with Gasteiger partial charge in [0, 0.05) is 38.4 Å². The number of carbonyl (C=O) groups is 1. The van der Waals surface area contributed by atoms with Gasteiger partial charge in [0.1, 0.15) is 11.6 Å². The average Bonchev–Trinajstić information content (AvgIpc) is 2.87. The summed E-state index contributed by atoms with van der Waals surface area (Å²) in [5, 5.41) is 7.12. The van der Waals surface area contributed by atoms with Gasteiger partial charge in [-0.1, -0.05) is 6.07 Å². The fourth-order valence-corrected chi connectivity index (χ4v) is 4.05. The van der Waals surface area contributed by atoms with Crippen LogP contribution in [0.3, 0.4) is 0 Å². The van der Waals surface area contributed by atoms with E-state index in [1.165, 1.54) is 4.31 Å². The zero-order valence-electron chi connectivity index (χ0n) is 16.1. The van der Waals surface area contributed by atoms with E-state index in [9.17, 15) is 21.6 Å². The number of rotatable bonds is 3. The second kappa shape index (κ2) is 9.30. The van der Waals surface area contributed by atoms with Crippen molar-refractivity contribution in [1.29, 1.82) is 0 Å². The number of carboxylic acids is 1. The number of aliphatic carboxylic acids is 1. The number of nitrogens with zero attached hydrogens (tertiary/aromatic N) is 3. The van der Waals surface area contributed by atoms with Gasteiger partial charge in [-0.05, 0) is 30.3 Å². The first-order valence-corrected chi connectivity index (χ1v) is 10.00. The maximum atomic E-state index is 12.9. The molecule has 0 radical (unpaired) electrons. The summed E-state index contributed by atoms with van der Waals surface area (Å²) < 4.78 is 64.1. The van der Waals surface area contributed by atoms with E-state index < -0.39 is 22.2 Å². The Morgan fingerprint density at radius 3 is 2.30 bits per heavy atom. The van der Waals surface area contributed by atoms with Gasteiger partial charge in [0.25, 0.3) is 0 Å². The largest absolute Gasteiger partial charge is 0.497 e. The summed E-state index contributed by atoms with van der Waals surface area (Å²) in [6.07, 6.45) is -3.36. The van der Waals surface area contributed by atoms with Crippen molar-refractivity contribution in [2.45, 2.75) is 17.6 Å². The number of sulfonamides is 1. The van der Waals surface area contributed by atoms with Crippen LogP contribution >= 0.6 is 0 Å². The van der Waals surface area contributed by atoms with E-state index in [1.807, 2.05) is 24.1 Å². The third kappa shape index (κ3) is 5.60. The van der Waals surface area contributed by atoms with Crippen molar-refractivity contribution in [2.75, 3.05) is 32.1 Å². The third-order valence-corrected chi connectivity index (χ3v) is 6.06. The number of methoxy groups -OCH3 is 1. The molecule has 0 amide bonds. The molecule has 1 aromatic carbocycles. The Hall–Kier alpha value is -2.86. The number of benzene rings is 1. The van der Waals surface area contributed by atoms with Crippen molar-refractivity contribution in [1.82, 2.24) is 9.29 Å². The summed E-state index contributed by atoms with van der Waals surface area (Å²) in [5.74, 6) is -1.29. The number of anilines is 1. The molecule has 0 saturated carbocycles. The fourth-order valence-electron chi connectivity index (χ4n) is 2.64. The van der Waals surface area contributed by atoms with Crippen LogP contribution in [-0.2, 0) is 21.4 Å². The number of alkyl halides is 3. The highest BCUT2D eigenvalue weighted by atomic mass is 32.2. The number of carboxylic acid groups (broad SMARTS) is 1. The zero-order valence-corrected chi connectivity index (χ0v) is 16.9. The molecule has 1 aliphatic rings. The van der Waals surface area contributed by atoms with Crippen LogP contribution in [-0.4, -0.2) is 62.2 Å². The molecule has 30 heavy (non-hydrogen) atoms. The number of hydrogen-bond acceptors (Lipinski definition) is 6. The summed E-state index contributed by atoms with van der Waals surface area (Å²) in [4.78, 5) is 15.5. The van der Waals surface area contributed by atoms with Crippen LogP contribution in [0.15, 0.2) is 47.5 Å². The minimum absolute atomic E-state index is 0.272. The van der Waals surface area contributed by atoms with Crippen LogP contribution in [0.4, 0.5) is 19.0 Å². The van der Waals surface area contributed by atoms with Gasteiger partial charge in [0.2, 0.25) is 10.0 Å². The van der Waals surface area contributed by atoms with Crippen molar-refractivity contribution >= 4 is 21.8 Å². The lowest BCUT2D eigenvalue weighted by Gasteiger charge is -2.20. The normalized spacial score (nSPS) is 14.8. The Bertz CT molecular complexity index is 981. The molecule has 1 N–H and O–H groups in total. The molecule has 0 fully saturated rings. The quantitative estimate of drug-likeness (QED) is 0.771. The molecule has 2 aromatic rings. The lowest BCUT2D eigenvalue weighted by Crippen LogP contribution is -2.34. The molecule has 0 unspecified atom stereocenters. The summed E-state index contributed by atoms with van der Waals surface area (Å²) in [6.45, 7) is 1.34. The van der Waals surface area contributed by atoms with Gasteiger partial charge < -0.3 is 14.7 Å². The molecule has 0 bridgehead atoms. The predicted octanol–water partition coefficient (Wildman–Crippen LogP) is 2.36. The van der Waals surface area contributed by atoms with Crippen molar-refractivity contribution < 1.29 is 36.2 Å². The minimum atomic E-state index is -5.08. The number of fused-ring (bicyclic) bond motifs is 1. The average molecular weight is 447 g/mol. The highest BCUT2D eigenvalue weighted by Crippen LogP contribution is 2.26. The highest BCUT2D eigenvalue weighted by Gasteiger charge is 2.38. The first kappa shape index (κ1) is 23.4. The smallest absolute Gasteiger partial charge is 0.490 e. The number of likely N-dealkylation sites (N-methyl/N-ethyl adjacent to an activating group) is 1. The van der Waals surface area contributed by atoms with Crippen LogP contribution in [0, 0.1) is 0 Å². The SMILES string of the molecule is COc1ccc(S(=O)(=O)N2CCN(C)c3ncccc3C2)cc1.O=C(O)C(F)(F)F. The molecule has 1 aromatic heterocycles. The Labute approximate surface area is 171 Å². The van der Waals surface area contributed by atoms with Crippen molar-refractivity contribution in [3.8, 4) is 5.75 Å². The van der Waals surface area contributed by atoms with Crippen LogP contribution < -0.4 is 9.64 Å². The van der Waals surface area contributed by atoms with Gasteiger partial charge in [0.05, 0.1) is 12.0 Å². The number of ether oxygens (including phenoxy) is 1. The summed E-state index contributed by atoms with van der Waals surface area (Å²) in [5.41, 5.74) is 0.907. The second-order valence-electron chi connectivity index (χ2n) is 6.22. The minimum Gasteiger partial charge on any atom is -0.497 e. The Kier molecular flexibility index (Phi) is 7.26. The maximum absolute atomic E-state index is 12.9. The number of halogens is 3. The van der Waals surface area contributed by atoms with Gasteiger partial charge in [-0.2, -0.15) is 17.5 Å². The summed E-state index contributed by atoms with van der Waals surface area (Å²) >= 11 is 0. The maximum Gasteiger partial charge on any atom is 0.490 e. The summed E-state index contributed by atoms with van der Waals surface area (Å²) in [6, 6.07) is 10.2. The monoisotopic (exact) mass is 447 g/mol. The second-order valence-corrected chi connectivity index (χ2v) is 8.16. The van der Waals surface area contributed by atoms with Crippen LogP contribution in [0.5, 0.6) is 5.75 Å². The zero-order chi connectivity index (χ0) is 22.5. The van der Waals surface area contributed by atoms with Crippen molar-refractivity contribution in [3.05, 3.63) is 48.2 Å². The highest BCUT2D eigenvalue weighted by molar-refractivity contribution is 7.89. The van der Waals surface area contributed by atoms with Gasteiger partial charge in [0.15, 0.2) is 0 Å². The predicted molar refractivity (Wildman–Crippen MR) is 102 cm³/mol. The van der Waals surface area contributed by atoms with E-state index in [-0.39, 0.29) is 4.90 Å². The molecule has 8 nitrogen and oxygen atoms in total. The first-order chi connectivity index (χ1) is 14.0. The van der Waals surface area contributed by atoms with E-state index >= 15 is 0 Å². The fraction of sp³-hybridized carbons (Fsp3) is 0.333. The summed E-state index contributed by atoms with van der Waals surface area (Å²) in [7, 11) is -0.0736. The van der Waals surface area contributed by atoms with Gasteiger partial charge in [-0.25, -0.2) is 18.2 Å². The van der Waals surface area contributed by atoms with Crippen LogP contribution in [0.2, 0.25) is 0 Å². The lowest BCUT2D eigenvalue weighted by molar-refractivity contribution is -0.192. The molecule has 0 spiro atoms. The van der Waals surface area contributed by atoms with E-state index in [0.29, 0.717) is 25.4 Å². The molecule has 3 rings (SSSR count). The molecule has 0 saturated heterocycles. The molecular weight excluding hydrogens is 427 g/mol. The van der Waals surface area contributed by atoms with Gasteiger partial charge >= 0.3 is 12.1 Å². The van der Waals surface area contributed by atoms with E-state index in [1.54, 1.807) is 37.6 Å². The molecule has 0 aliphatic carbocycles. The number of aromatic nitrogens is 1. The molecule has 0 atom stereocenters. The Morgan fingerprint density at radius 1 is 1.17 bits per heavy atom. The van der Waals surface area contributed by atoms with Gasteiger partial charge in [-0.15, -0.1) is 0 Å². The van der Waals surface area contributed by atoms with Crippen molar-refractivity contribution in [3.63, 3.8) is 0 Å². The Balaban J connectivity index is 0.000000396. The van der Waals surface area contributed by atoms with Crippen LogP contribution in [0.25, 0.3) is 0 Å². The standard InChI is InChI=1S/C16H19N3O3S.C2HF3O2/c1-18-10-11-19(12-13-4-3-9-17-16(13)18)23(20,21)15-7-5-14(22-2)6-8-15;3-2(4,5)1(6)7/h3-9H,10-12H2,1-2H3;(H,6,7). The molecule has 12 heteroatoms. The van der Waals surface area contributed by atoms with E-state index in [4.69, 9.17) is 14.6 Å². The van der Waals surface area contributed by atoms with E-state index in [2.05, 4.69) is 4.98 Å². The van der Waals surface area contributed by atoms with E-state index in [0.717, 1.165) is 11.4 Å². The van der Waals surface area contributed by atoms with Crippen LogP contribution in [0.1, 0.15) is 5.56 Å². The topological polar surface area (TPSA) is 100 Å². The first-order valence-electron chi connectivity index (χ1n) is 8.56. The Morgan fingerprint density at radius 2 is 1.77 bits per heavy atom. The molecule has 164 valence electrons. The van der Waals surface area contributed by atoms with Crippen molar-refractivity contribution in [2.24, 2.45) is 0 Å². The number of pyridine rings is 1. The lowest BCUT2D eigenvalue weighted by atomic mass is 10.2. The third-order valence-electron chi connectivity index (χ3n) is 4.20. The number of hydrogen-bond donors (Lipinski definition) is 1. The molecular formula is C18H20F3N3O5S. The molecule has 1 aliphatic heterocycles. The van der Waals surface area contributed by atoms with Gasteiger partial charge in [-0.3, -0.25) is 0 Å². The molecule has 2 heterocycles.